The maximum Gasteiger partial charge on any atom is 0.123 e. The molecule has 0 bridgehead atoms. The minimum absolute atomic E-state index is 0.137. The largest absolute Gasteiger partial charge is 0.492 e. The molecule has 2 rings (SSSR count). The van der Waals surface area contributed by atoms with E-state index in [1.165, 1.54) is 11.1 Å². The quantitative estimate of drug-likeness (QED) is 0.784. The maximum atomic E-state index is 5.69. The third-order valence-corrected chi connectivity index (χ3v) is 3.39. The number of rotatable bonds is 6. The van der Waals surface area contributed by atoms with Gasteiger partial charge in [-0.15, -0.1) is 0 Å². The molecule has 0 amide bonds. The molecule has 100 valence electrons. The number of ether oxygens (including phenoxy) is 2. The third kappa shape index (κ3) is 3.03. The predicted octanol–water partition coefficient (Wildman–Crippen LogP) is 2.14. The summed E-state index contributed by atoms with van der Waals surface area (Å²) >= 11 is 0. The fraction of sp³-hybridized carbons (Fsp3) is 0.600. The molecule has 1 aliphatic rings. The molecular weight excluding hydrogens is 226 g/mol. The van der Waals surface area contributed by atoms with Crippen molar-refractivity contribution in [2.45, 2.75) is 25.7 Å². The first-order valence-corrected chi connectivity index (χ1v) is 6.62. The van der Waals surface area contributed by atoms with E-state index >= 15 is 0 Å². The van der Waals surface area contributed by atoms with Crippen LogP contribution in [-0.2, 0) is 16.6 Å². The van der Waals surface area contributed by atoms with Gasteiger partial charge >= 0.3 is 0 Å². The van der Waals surface area contributed by atoms with Crippen LogP contribution < -0.4 is 10.1 Å². The molecule has 0 saturated heterocycles. The summed E-state index contributed by atoms with van der Waals surface area (Å²) in [5.41, 5.74) is 2.80. The summed E-state index contributed by atoms with van der Waals surface area (Å²) in [6, 6.07) is 6.50. The van der Waals surface area contributed by atoms with E-state index in [1.54, 1.807) is 0 Å². The number of benzene rings is 1. The molecule has 0 saturated carbocycles. The maximum absolute atomic E-state index is 5.69. The number of hydrogen-bond donors (Lipinski definition) is 1. The lowest BCUT2D eigenvalue weighted by molar-refractivity contribution is 0.140. The Hall–Kier alpha value is -1.06. The molecule has 0 radical (unpaired) electrons. The average molecular weight is 249 g/mol. The molecule has 18 heavy (non-hydrogen) atoms. The van der Waals surface area contributed by atoms with Crippen molar-refractivity contribution in [1.82, 2.24) is 5.32 Å². The second-order valence-electron chi connectivity index (χ2n) is 5.47. The van der Waals surface area contributed by atoms with Gasteiger partial charge in [-0.1, -0.05) is 26.0 Å². The van der Waals surface area contributed by atoms with Crippen molar-refractivity contribution in [2.24, 2.45) is 0 Å². The van der Waals surface area contributed by atoms with Crippen molar-refractivity contribution in [3.8, 4) is 5.75 Å². The van der Waals surface area contributed by atoms with Crippen molar-refractivity contribution in [3.63, 3.8) is 0 Å². The van der Waals surface area contributed by atoms with Gasteiger partial charge < -0.3 is 14.8 Å². The van der Waals surface area contributed by atoms with Crippen molar-refractivity contribution in [1.29, 1.82) is 0 Å². The van der Waals surface area contributed by atoms with Gasteiger partial charge in [-0.2, -0.15) is 0 Å². The monoisotopic (exact) mass is 249 g/mol. The summed E-state index contributed by atoms with van der Waals surface area (Å²) in [6.45, 7) is 7.70. The first kappa shape index (κ1) is 13.4. The van der Waals surface area contributed by atoms with Crippen LogP contribution in [0.2, 0.25) is 0 Å². The van der Waals surface area contributed by atoms with E-state index in [0.29, 0.717) is 0 Å². The second-order valence-corrected chi connectivity index (χ2v) is 5.47. The average Bonchev–Trinajstić information content (AvgIpc) is 2.65. The Morgan fingerprint density at radius 2 is 2.17 bits per heavy atom. The van der Waals surface area contributed by atoms with Gasteiger partial charge in [0.05, 0.1) is 19.8 Å². The number of hydrogen-bond acceptors (Lipinski definition) is 3. The molecule has 0 aliphatic carbocycles. The van der Waals surface area contributed by atoms with Crippen molar-refractivity contribution < 1.29 is 9.47 Å². The molecule has 1 heterocycles. The summed E-state index contributed by atoms with van der Waals surface area (Å²) in [7, 11) is 1.94. The predicted molar refractivity (Wildman–Crippen MR) is 73.4 cm³/mol. The van der Waals surface area contributed by atoms with Gasteiger partial charge in [0.25, 0.3) is 0 Å². The highest BCUT2D eigenvalue weighted by Gasteiger charge is 2.31. The molecule has 1 aromatic rings. The van der Waals surface area contributed by atoms with Crippen LogP contribution in [0, 0.1) is 0 Å². The first-order chi connectivity index (χ1) is 8.63. The Morgan fingerprint density at radius 3 is 2.94 bits per heavy atom. The van der Waals surface area contributed by atoms with E-state index in [0.717, 1.165) is 38.5 Å². The molecule has 0 aromatic heterocycles. The van der Waals surface area contributed by atoms with Crippen LogP contribution in [-0.4, -0.2) is 33.4 Å². The summed E-state index contributed by atoms with van der Waals surface area (Å²) in [5, 5.41) is 3.07. The van der Waals surface area contributed by atoms with Crippen LogP contribution in [0.5, 0.6) is 5.75 Å². The Kier molecular flexibility index (Phi) is 4.25. The zero-order valence-corrected chi connectivity index (χ0v) is 11.6. The summed E-state index contributed by atoms with van der Waals surface area (Å²) in [6.07, 6.45) is 0.965. The van der Waals surface area contributed by atoms with Gasteiger partial charge in [-0.3, -0.25) is 0 Å². The molecule has 3 heteroatoms. The molecule has 1 aromatic carbocycles. The summed E-state index contributed by atoms with van der Waals surface area (Å²) < 4.78 is 11.2. The lowest BCUT2D eigenvalue weighted by atomic mass is 9.86. The van der Waals surface area contributed by atoms with Gasteiger partial charge in [0.1, 0.15) is 5.75 Å². The van der Waals surface area contributed by atoms with Crippen LogP contribution in [0.3, 0.4) is 0 Å². The fourth-order valence-electron chi connectivity index (χ4n) is 2.19. The lowest BCUT2D eigenvalue weighted by Crippen LogP contribution is -2.18. The highest BCUT2D eigenvalue weighted by molar-refractivity contribution is 5.45. The van der Waals surface area contributed by atoms with Crippen LogP contribution in [0.15, 0.2) is 18.2 Å². The van der Waals surface area contributed by atoms with Gasteiger partial charge in [0.15, 0.2) is 0 Å². The SMILES string of the molecule is CNCCOCCc1ccc2c(c1)C(C)(C)CO2. The third-order valence-electron chi connectivity index (χ3n) is 3.39. The van der Waals surface area contributed by atoms with E-state index in [2.05, 4.69) is 37.4 Å². The number of likely N-dealkylation sites (N-methyl/N-ethyl adjacent to an activating group) is 1. The van der Waals surface area contributed by atoms with Crippen LogP contribution in [0.25, 0.3) is 0 Å². The van der Waals surface area contributed by atoms with Crippen molar-refractivity contribution >= 4 is 0 Å². The first-order valence-electron chi connectivity index (χ1n) is 6.62. The molecule has 3 nitrogen and oxygen atoms in total. The van der Waals surface area contributed by atoms with E-state index in [1.807, 2.05) is 7.05 Å². The van der Waals surface area contributed by atoms with E-state index in [4.69, 9.17) is 9.47 Å². The minimum Gasteiger partial charge on any atom is -0.492 e. The molecule has 1 aliphatic heterocycles. The van der Waals surface area contributed by atoms with Gasteiger partial charge in [-0.05, 0) is 25.1 Å². The normalized spacial score (nSPS) is 16.4. The Morgan fingerprint density at radius 1 is 1.33 bits per heavy atom. The number of fused-ring (bicyclic) bond motifs is 1. The van der Waals surface area contributed by atoms with Crippen molar-refractivity contribution in [3.05, 3.63) is 29.3 Å². The van der Waals surface area contributed by atoms with Crippen LogP contribution in [0.4, 0.5) is 0 Å². The van der Waals surface area contributed by atoms with E-state index in [9.17, 15) is 0 Å². The molecule has 1 N–H and O–H groups in total. The molecule has 0 unspecified atom stereocenters. The molecule has 0 fully saturated rings. The highest BCUT2D eigenvalue weighted by atomic mass is 16.5. The Bertz CT molecular complexity index is 401. The Balaban J connectivity index is 1.91. The topological polar surface area (TPSA) is 30.5 Å². The second kappa shape index (κ2) is 5.72. The zero-order valence-electron chi connectivity index (χ0n) is 11.6. The summed E-state index contributed by atoms with van der Waals surface area (Å²) in [5.74, 6) is 1.04. The molecule has 0 atom stereocenters. The Labute approximate surface area is 109 Å². The van der Waals surface area contributed by atoms with Crippen LogP contribution in [0.1, 0.15) is 25.0 Å². The number of nitrogens with one attached hydrogen (secondary N) is 1. The van der Waals surface area contributed by atoms with Gasteiger partial charge in [0.2, 0.25) is 0 Å². The lowest BCUT2D eigenvalue weighted by Gasteiger charge is -2.15. The van der Waals surface area contributed by atoms with Gasteiger partial charge in [-0.25, -0.2) is 0 Å². The standard InChI is InChI=1S/C15H23NO2/c1-15(2)11-18-14-5-4-12(10-13(14)15)6-8-17-9-7-16-3/h4-5,10,16H,6-9,11H2,1-3H3. The summed E-state index contributed by atoms with van der Waals surface area (Å²) in [4.78, 5) is 0. The molecular formula is C15H23NO2. The van der Waals surface area contributed by atoms with E-state index < -0.39 is 0 Å². The smallest absolute Gasteiger partial charge is 0.123 e. The minimum atomic E-state index is 0.137. The zero-order chi connectivity index (χ0) is 13.0. The molecule has 0 spiro atoms. The fourth-order valence-corrected chi connectivity index (χ4v) is 2.19. The van der Waals surface area contributed by atoms with Crippen LogP contribution >= 0.6 is 0 Å². The van der Waals surface area contributed by atoms with E-state index in [-0.39, 0.29) is 5.41 Å². The highest BCUT2D eigenvalue weighted by Crippen LogP contribution is 2.38. The van der Waals surface area contributed by atoms with Gasteiger partial charge in [0, 0.05) is 17.5 Å². The van der Waals surface area contributed by atoms with Crippen molar-refractivity contribution in [2.75, 3.05) is 33.4 Å².